The fourth-order valence-electron chi connectivity index (χ4n) is 3.51. The van der Waals surface area contributed by atoms with Crippen molar-refractivity contribution in [3.8, 4) is 0 Å². The lowest BCUT2D eigenvalue weighted by Crippen LogP contribution is -2.30. The van der Waals surface area contributed by atoms with Crippen LogP contribution in [0.2, 0.25) is 0 Å². The summed E-state index contributed by atoms with van der Waals surface area (Å²) in [6.45, 7) is 1.88. The number of rotatable bonds is 4. The minimum atomic E-state index is -0.786. The Morgan fingerprint density at radius 1 is 1.19 bits per heavy atom. The van der Waals surface area contributed by atoms with Crippen LogP contribution in [0, 0.1) is 0 Å². The molecule has 1 atom stereocenters. The van der Waals surface area contributed by atoms with E-state index in [9.17, 15) is 14.7 Å². The standard InChI is InChI=1S/C18H21N5O3/c1-21-15-14(16(25)20-18(21)26)23(17(19-15)22-9-5-6-10-22)11-13(24)12-7-3-2-4-8-12/h2-4,7-8,13,24H,5-6,9-11H2,1H3,(H,20,25,26). The maximum absolute atomic E-state index is 12.5. The Bertz CT molecular complexity index is 1040. The number of hydrogen-bond acceptors (Lipinski definition) is 5. The van der Waals surface area contributed by atoms with Crippen molar-refractivity contribution < 1.29 is 5.11 Å². The quantitative estimate of drug-likeness (QED) is 0.720. The third-order valence-corrected chi connectivity index (χ3v) is 4.92. The molecule has 0 spiro atoms. The number of aromatic amines is 1. The molecule has 1 saturated heterocycles. The van der Waals surface area contributed by atoms with Crippen LogP contribution in [0.3, 0.4) is 0 Å². The Balaban J connectivity index is 1.88. The lowest BCUT2D eigenvalue weighted by Gasteiger charge is -2.20. The molecule has 136 valence electrons. The summed E-state index contributed by atoms with van der Waals surface area (Å²) in [5.74, 6) is 0.624. The van der Waals surface area contributed by atoms with E-state index in [4.69, 9.17) is 0 Å². The predicted molar refractivity (Wildman–Crippen MR) is 98.4 cm³/mol. The molecule has 1 unspecified atom stereocenters. The summed E-state index contributed by atoms with van der Waals surface area (Å²) in [5, 5.41) is 10.7. The second-order valence-corrected chi connectivity index (χ2v) is 6.63. The van der Waals surface area contributed by atoms with Gasteiger partial charge in [-0.2, -0.15) is 4.98 Å². The Hall–Kier alpha value is -2.87. The Morgan fingerprint density at radius 2 is 1.88 bits per heavy atom. The van der Waals surface area contributed by atoms with E-state index in [-0.39, 0.29) is 6.54 Å². The van der Waals surface area contributed by atoms with E-state index in [1.807, 2.05) is 30.3 Å². The van der Waals surface area contributed by atoms with Gasteiger partial charge in [0.25, 0.3) is 5.56 Å². The van der Waals surface area contributed by atoms with Crippen molar-refractivity contribution in [3.63, 3.8) is 0 Å². The van der Waals surface area contributed by atoms with Gasteiger partial charge in [-0.15, -0.1) is 0 Å². The lowest BCUT2D eigenvalue weighted by atomic mass is 10.1. The molecule has 0 bridgehead atoms. The second-order valence-electron chi connectivity index (χ2n) is 6.63. The third kappa shape index (κ3) is 2.72. The van der Waals surface area contributed by atoms with E-state index < -0.39 is 17.4 Å². The molecule has 1 fully saturated rings. The van der Waals surface area contributed by atoms with Crippen molar-refractivity contribution in [3.05, 3.63) is 56.7 Å². The van der Waals surface area contributed by atoms with Gasteiger partial charge < -0.3 is 14.6 Å². The van der Waals surface area contributed by atoms with Crippen LogP contribution >= 0.6 is 0 Å². The molecule has 2 aromatic heterocycles. The molecule has 0 saturated carbocycles. The van der Waals surface area contributed by atoms with Crippen LogP contribution in [0.5, 0.6) is 0 Å². The Kier molecular flexibility index (Phi) is 4.12. The van der Waals surface area contributed by atoms with E-state index in [1.54, 1.807) is 11.6 Å². The van der Waals surface area contributed by atoms with E-state index in [0.29, 0.717) is 17.1 Å². The van der Waals surface area contributed by atoms with Gasteiger partial charge in [-0.3, -0.25) is 14.3 Å². The number of aryl methyl sites for hydroxylation is 1. The number of nitrogens with zero attached hydrogens (tertiary/aromatic N) is 4. The van der Waals surface area contributed by atoms with Crippen molar-refractivity contribution in [2.75, 3.05) is 18.0 Å². The minimum Gasteiger partial charge on any atom is -0.387 e. The number of benzene rings is 1. The highest BCUT2D eigenvalue weighted by Crippen LogP contribution is 2.26. The van der Waals surface area contributed by atoms with Crippen LogP contribution in [0.4, 0.5) is 5.95 Å². The van der Waals surface area contributed by atoms with Gasteiger partial charge in [-0.05, 0) is 18.4 Å². The van der Waals surface area contributed by atoms with Gasteiger partial charge in [0.1, 0.15) is 0 Å². The summed E-state index contributed by atoms with van der Waals surface area (Å²) in [5.41, 5.74) is 0.429. The molecule has 1 aromatic carbocycles. The molecule has 8 nitrogen and oxygen atoms in total. The monoisotopic (exact) mass is 355 g/mol. The number of aliphatic hydroxyl groups excluding tert-OH is 1. The van der Waals surface area contributed by atoms with Crippen molar-refractivity contribution in [2.24, 2.45) is 7.05 Å². The molecule has 1 aliphatic rings. The number of aromatic nitrogens is 4. The summed E-state index contributed by atoms with van der Waals surface area (Å²) in [6.07, 6.45) is 1.33. The zero-order chi connectivity index (χ0) is 18.3. The first-order valence-electron chi connectivity index (χ1n) is 8.74. The molecule has 1 aliphatic heterocycles. The van der Waals surface area contributed by atoms with Crippen molar-refractivity contribution >= 4 is 17.1 Å². The van der Waals surface area contributed by atoms with E-state index in [0.717, 1.165) is 31.5 Å². The van der Waals surface area contributed by atoms with Crippen LogP contribution in [0.1, 0.15) is 24.5 Å². The average Bonchev–Trinajstić information content (AvgIpc) is 3.28. The number of anilines is 1. The van der Waals surface area contributed by atoms with E-state index >= 15 is 0 Å². The Labute approximate surface area is 149 Å². The molecule has 2 N–H and O–H groups in total. The number of imidazole rings is 1. The second kappa shape index (κ2) is 6.45. The van der Waals surface area contributed by atoms with Gasteiger partial charge >= 0.3 is 5.69 Å². The average molecular weight is 355 g/mol. The molecular formula is C18H21N5O3. The maximum atomic E-state index is 12.5. The summed E-state index contributed by atoms with van der Waals surface area (Å²) in [7, 11) is 1.58. The van der Waals surface area contributed by atoms with Gasteiger partial charge in [0.05, 0.1) is 12.6 Å². The fraction of sp³-hybridized carbons (Fsp3) is 0.389. The van der Waals surface area contributed by atoms with Crippen LogP contribution in [0.25, 0.3) is 11.2 Å². The summed E-state index contributed by atoms with van der Waals surface area (Å²) in [6, 6.07) is 9.31. The molecule has 0 radical (unpaired) electrons. The van der Waals surface area contributed by atoms with Crippen LogP contribution in [0.15, 0.2) is 39.9 Å². The molecule has 26 heavy (non-hydrogen) atoms. The van der Waals surface area contributed by atoms with Crippen LogP contribution < -0.4 is 16.1 Å². The van der Waals surface area contributed by atoms with Crippen LogP contribution in [-0.4, -0.2) is 37.3 Å². The molecule has 0 amide bonds. The molecule has 3 aromatic rings. The van der Waals surface area contributed by atoms with E-state index in [2.05, 4.69) is 14.9 Å². The number of fused-ring (bicyclic) bond motifs is 1. The zero-order valence-electron chi connectivity index (χ0n) is 14.6. The topological polar surface area (TPSA) is 96.1 Å². The molecule has 0 aliphatic carbocycles. The summed E-state index contributed by atoms with van der Waals surface area (Å²) in [4.78, 5) is 33.4. The first-order chi connectivity index (χ1) is 12.6. The number of aliphatic hydroxyl groups is 1. The lowest BCUT2D eigenvalue weighted by molar-refractivity contribution is 0.158. The first kappa shape index (κ1) is 16.6. The van der Waals surface area contributed by atoms with Gasteiger partial charge in [0.2, 0.25) is 5.95 Å². The number of nitrogens with one attached hydrogen (secondary N) is 1. The largest absolute Gasteiger partial charge is 0.387 e. The maximum Gasteiger partial charge on any atom is 0.329 e. The van der Waals surface area contributed by atoms with Gasteiger partial charge in [0.15, 0.2) is 11.2 Å². The van der Waals surface area contributed by atoms with Gasteiger partial charge in [0, 0.05) is 20.1 Å². The highest BCUT2D eigenvalue weighted by molar-refractivity contribution is 5.74. The van der Waals surface area contributed by atoms with Gasteiger partial charge in [-0.1, -0.05) is 30.3 Å². The molecule has 3 heterocycles. The highest BCUT2D eigenvalue weighted by Gasteiger charge is 2.25. The summed E-state index contributed by atoms with van der Waals surface area (Å²) >= 11 is 0. The highest BCUT2D eigenvalue weighted by atomic mass is 16.3. The predicted octanol–water partition coefficient (Wildman–Crippen LogP) is 0.757. The Morgan fingerprint density at radius 3 is 2.58 bits per heavy atom. The van der Waals surface area contributed by atoms with Crippen molar-refractivity contribution in [2.45, 2.75) is 25.5 Å². The SMILES string of the molecule is Cn1c(=O)[nH]c(=O)c2c1nc(N1CCCC1)n2CC(O)c1ccccc1. The molecule has 8 heteroatoms. The van der Waals surface area contributed by atoms with Crippen molar-refractivity contribution in [1.82, 2.24) is 19.1 Å². The number of hydrogen-bond donors (Lipinski definition) is 2. The van der Waals surface area contributed by atoms with Crippen LogP contribution in [-0.2, 0) is 13.6 Å². The molecular weight excluding hydrogens is 334 g/mol. The molecule has 4 rings (SSSR count). The minimum absolute atomic E-state index is 0.188. The normalized spacial score (nSPS) is 15.7. The van der Waals surface area contributed by atoms with Gasteiger partial charge in [-0.25, -0.2) is 4.79 Å². The zero-order valence-corrected chi connectivity index (χ0v) is 14.6. The van der Waals surface area contributed by atoms with E-state index in [1.165, 1.54) is 4.57 Å². The number of H-pyrrole nitrogens is 1. The fourth-order valence-corrected chi connectivity index (χ4v) is 3.51. The third-order valence-electron chi connectivity index (χ3n) is 4.92. The first-order valence-corrected chi connectivity index (χ1v) is 8.74. The summed E-state index contributed by atoms with van der Waals surface area (Å²) < 4.78 is 3.07. The smallest absolute Gasteiger partial charge is 0.329 e. The van der Waals surface area contributed by atoms with Crippen molar-refractivity contribution in [1.29, 1.82) is 0 Å².